The van der Waals surface area contributed by atoms with E-state index in [0.717, 1.165) is 18.5 Å². The molecule has 6 heteroatoms. The van der Waals surface area contributed by atoms with E-state index >= 15 is 0 Å². The summed E-state index contributed by atoms with van der Waals surface area (Å²) in [4.78, 5) is 0. The van der Waals surface area contributed by atoms with Gasteiger partial charge in [0.05, 0.1) is 6.61 Å². The highest BCUT2D eigenvalue weighted by Crippen LogP contribution is 2.20. The number of alkyl halides is 3. The first kappa shape index (κ1) is 18.3. The summed E-state index contributed by atoms with van der Waals surface area (Å²) in [6, 6.07) is 7.37. The third kappa shape index (κ3) is 8.29. The predicted octanol–water partition coefficient (Wildman–Crippen LogP) is 4.08. The minimum Gasteiger partial charge on any atom is -0.372 e. The molecule has 0 spiro atoms. The Morgan fingerprint density at radius 2 is 2.00 bits per heavy atom. The SMILES string of the molecule is CCCNCC(COCC(F)(F)F)Cc1ccccc1Cl. The van der Waals surface area contributed by atoms with Crippen molar-refractivity contribution in [1.29, 1.82) is 0 Å². The van der Waals surface area contributed by atoms with E-state index in [4.69, 9.17) is 16.3 Å². The second kappa shape index (κ2) is 9.28. The summed E-state index contributed by atoms with van der Waals surface area (Å²) in [5.41, 5.74) is 0.929. The van der Waals surface area contributed by atoms with E-state index in [2.05, 4.69) is 5.32 Å². The van der Waals surface area contributed by atoms with Crippen LogP contribution in [0, 0.1) is 5.92 Å². The van der Waals surface area contributed by atoms with Gasteiger partial charge in [-0.1, -0.05) is 36.7 Å². The van der Waals surface area contributed by atoms with Crippen molar-refractivity contribution < 1.29 is 17.9 Å². The molecule has 0 heterocycles. The lowest BCUT2D eigenvalue weighted by atomic mass is 10.00. The summed E-state index contributed by atoms with van der Waals surface area (Å²) in [5, 5.41) is 3.85. The van der Waals surface area contributed by atoms with Crippen LogP contribution in [0.2, 0.25) is 5.02 Å². The van der Waals surface area contributed by atoms with Gasteiger partial charge in [0.1, 0.15) is 6.61 Å². The highest BCUT2D eigenvalue weighted by molar-refractivity contribution is 6.31. The number of halogens is 4. The first-order valence-corrected chi connectivity index (χ1v) is 7.38. The van der Waals surface area contributed by atoms with Gasteiger partial charge in [-0.3, -0.25) is 0 Å². The molecule has 1 rings (SSSR count). The van der Waals surface area contributed by atoms with Crippen molar-refractivity contribution in [2.75, 3.05) is 26.3 Å². The van der Waals surface area contributed by atoms with Crippen LogP contribution in [0.1, 0.15) is 18.9 Å². The van der Waals surface area contributed by atoms with Crippen molar-refractivity contribution in [1.82, 2.24) is 5.32 Å². The fourth-order valence-electron chi connectivity index (χ4n) is 1.99. The maximum absolute atomic E-state index is 12.1. The highest BCUT2D eigenvalue weighted by Gasteiger charge is 2.28. The van der Waals surface area contributed by atoms with E-state index < -0.39 is 12.8 Å². The molecule has 1 atom stereocenters. The Hall–Kier alpha value is -0.780. The lowest BCUT2D eigenvalue weighted by Gasteiger charge is -2.19. The molecule has 0 saturated heterocycles. The van der Waals surface area contributed by atoms with Gasteiger partial charge in [-0.05, 0) is 36.9 Å². The van der Waals surface area contributed by atoms with Crippen molar-refractivity contribution in [2.24, 2.45) is 5.92 Å². The summed E-state index contributed by atoms with van der Waals surface area (Å²) < 4.78 is 41.2. The lowest BCUT2D eigenvalue weighted by Crippen LogP contribution is -2.30. The monoisotopic (exact) mass is 323 g/mol. The molecule has 0 saturated carbocycles. The van der Waals surface area contributed by atoms with Crippen LogP contribution >= 0.6 is 11.6 Å². The molecular formula is C15H21ClF3NO. The Morgan fingerprint density at radius 3 is 2.62 bits per heavy atom. The van der Waals surface area contributed by atoms with E-state index in [1.54, 1.807) is 6.07 Å². The Labute approximate surface area is 128 Å². The largest absolute Gasteiger partial charge is 0.411 e. The molecule has 0 amide bonds. The van der Waals surface area contributed by atoms with E-state index in [0.29, 0.717) is 18.0 Å². The van der Waals surface area contributed by atoms with E-state index in [9.17, 15) is 13.2 Å². The van der Waals surface area contributed by atoms with Crippen LogP contribution in [0.15, 0.2) is 24.3 Å². The molecule has 0 aromatic heterocycles. The fourth-order valence-corrected chi connectivity index (χ4v) is 2.20. The molecule has 1 aromatic rings. The van der Waals surface area contributed by atoms with Crippen molar-refractivity contribution in [3.8, 4) is 0 Å². The molecule has 0 radical (unpaired) electrons. The maximum Gasteiger partial charge on any atom is 0.411 e. The minimum atomic E-state index is -4.29. The second-order valence-corrected chi connectivity index (χ2v) is 5.40. The summed E-state index contributed by atoms with van der Waals surface area (Å²) in [6.45, 7) is 2.33. The number of benzene rings is 1. The number of hydrogen-bond donors (Lipinski definition) is 1. The van der Waals surface area contributed by atoms with Gasteiger partial charge in [0.25, 0.3) is 0 Å². The highest BCUT2D eigenvalue weighted by atomic mass is 35.5. The zero-order valence-corrected chi connectivity index (χ0v) is 12.8. The van der Waals surface area contributed by atoms with E-state index in [1.165, 1.54) is 0 Å². The predicted molar refractivity (Wildman–Crippen MR) is 78.7 cm³/mol. The second-order valence-electron chi connectivity index (χ2n) is 5.00. The van der Waals surface area contributed by atoms with Crippen molar-refractivity contribution in [2.45, 2.75) is 25.9 Å². The Morgan fingerprint density at radius 1 is 1.29 bits per heavy atom. The van der Waals surface area contributed by atoms with Gasteiger partial charge in [-0.2, -0.15) is 13.2 Å². The molecule has 21 heavy (non-hydrogen) atoms. The summed E-state index contributed by atoms with van der Waals surface area (Å²) in [5.74, 6) is -0.0428. The van der Waals surface area contributed by atoms with Gasteiger partial charge >= 0.3 is 6.18 Å². The van der Waals surface area contributed by atoms with Gasteiger partial charge in [0, 0.05) is 11.6 Å². The summed E-state index contributed by atoms with van der Waals surface area (Å²) in [6.07, 6.45) is -2.72. The Bertz CT molecular complexity index is 412. The molecule has 0 aliphatic heterocycles. The van der Waals surface area contributed by atoms with Crippen LogP contribution in [-0.2, 0) is 11.2 Å². The fraction of sp³-hybridized carbons (Fsp3) is 0.600. The van der Waals surface area contributed by atoms with Crippen molar-refractivity contribution in [3.05, 3.63) is 34.9 Å². The quantitative estimate of drug-likeness (QED) is 0.691. The molecule has 1 unspecified atom stereocenters. The van der Waals surface area contributed by atoms with Crippen LogP contribution in [0.25, 0.3) is 0 Å². The first-order chi connectivity index (χ1) is 9.92. The number of rotatable bonds is 9. The van der Waals surface area contributed by atoms with Gasteiger partial charge in [-0.15, -0.1) is 0 Å². The van der Waals surface area contributed by atoms with Crippen molar-refractivity contribution >= 4 is 11.6 Å². The van der Waals surface area contributed by atoms with Gasteiger partial charge in [0.15, 0.2) is 0 Å². The number of nitrogens with one attached hydrogen (secondary N) is 1. The number of ether oxygens (including phenoxy) is 1. The van der Waals surface area contributed by atoms with Gasteiger partial charge in [-0.25, -0.2) is 0 Å². The standard InChI is InChI=1S/C15H21ClF3NO/c1-2-7-20-9-12(10-21-11-15(17,18)19)8-13-5-3-4-6-14(13)16/h3-6,12,20H,2,7-11H2,1H3. The third-order valence-corrected chi connectivity index (χ3v) is 3.31. The van der Waals surface area contributed by atoms with Crippen molar-refractivity contribution in [3.63, 3.8) is 0 Å². The molecule has 0 aliphatic rings. The molecule has 1 aromatic carbocycles. The zero-order valence-electron chi connectivity index (χ0n) is 12.0. The first-order valence-electron chi connectivity index (χ1n) is 7.01. The van der Waals surface area contributed by atoms with E-state index in [1.807, 2.05) is 25.1 Å². The van der Waals surface area contributed by atoms with Crippen LogP contribution < -0.4 is 5.32 Å². The van der Waals surface area contributed by atoms with E-state index in [-0.39, 0.29) is 12.5 Å². The Balaban J connectivity index is 2.53. The summed E-state index contributed by atoms with van der Waals surface area (Å²) >= 11 is 6.10. The Kier molecular flexibility index (Phi) is 8.07. The molecule has 0 fully saturated rings. The molecular weight excluding hydrogens is 303 g/mol. The minimum absolute atomic E-state index is 0.0428. The van der Waals surface area contributed by atoms with Crippen LogP contribution in [0.3, 0.4) is 0 Å². The molecule has 0 aliphatic carbocycles. The van der Waals surface area contributed by atoms with Crippen LogP contribution in [0.5, 0.6) is 0 Å². The van der Waals surface area contributed by atoms with Gasteiger partial charge < -0.3 is 10.1 Å². The average molecular weight is 324 g/mol. The summed E-state index contributed by atoms with van der Waals surface area (Å²) in [7, 11) is 0. The van der Waals surface area contributed by atoms with Crippen LogP contribution in [-0.4, -0.2) is 32.5 Å². The normalized spacial score (nSPS) is 13.4. The maximum atomic E-state index is 12.1. The molecule has 120 valence electrons. The topological polar surface area (TPSA) is 21.3 Å². The third-order valence-electron chi connectivity index (χ3n) is 2.95. The molecule has 0 bridgehead atoms. The molecule has 1 N–H and O–H groups in total. The van der Waals surface area contributed by atoms with Crippen LogP contribution in [0.4, 0.5) is 13.2 Å². The lowest BCUT2D eigenvalue weighted by molar-refractivity contribution is -0.176. The van der Waals surface area contributed by atoms with Gasteiger partial charge in [0.2, 0.25) is 0 Å². The molecule has 2 nitrogen and oxygen atoms in total. The smallest absolute Gasteiger partial charge is 0.372 e. The average Bonchev–Trinajstić information content (AvgIpc) is 2.40. The zero-order chi connectivity index (χ0) is 15.7. The number of hydrogen-bond acceptors (Lipinski definition) is 2.